The normalized spacial score (nSPS) is 12.0. The Morgan fingerprint density at radius 3 is 2.21 bits per heavy atom. The maximum atomic E-state index is 6.52. The molecule has 0 unspecified atom stereocenters. The second-order valence-electron chi connectivity index (χ2n) is 6.05. The molecule has 3 nitrogen and oxygen atoms in total. The van der Waals surface area contributed by atoms with Crippen molar-refractivity contribution < 1.29 is 0 Å². The number of hydrogen-bond donors (Lipinski definition) is 0. The molecule has 10 heteroatoms. The van der Waals surface area contributed by atoms with Crippen LogP contribution in [0.1, 0.15) is 5.82 Å². The van der Waals surface area contributed by atoms with Gasteiger partial charge in [-0.25, -0.2) is 9.97 Å². The van der Waals surface area contributed by atoms with E-state index in [1.54, 1.807) is 22.8 Å². The lowest BCUT2D eigenvalue weighted by Crippen LogP contribution is -2.09. The van der Waals surface area contributed by atoms with Gasteiger partial charge in [0.1, 0.15) is 5.15 Å². The van der Waals surface area contributed by atoms with E-state index in [9.17, 15) is 0 Å². The Labute approximate surface area is 204 Å². The van der Waals surface area contributed by atoms with Crippen molar-refractivity contribution in [3.63, 3.8) is 0 Å². The van der Waals surface area contributed by atoms with E-state index in [-0.39, 0.29) is 11.0 Å². The summed E-state index contributed by atoms with van der Waals surface area (Å²) in [5, 5.41) is 1.72. The van der Waals surface area contributed by atoms with Crippen LogP contribution in [0.3, 0.4) is 0 Å². The fraction of sp³-hybridized carbons (Fsp3) is 0.0526. The lowest BCUT2D eigenvalue weighted by Gasteiger charge is -2.12. The second kappa shape index (κ2) is 8.08. The minimum absolute atomic E-state index is 0.0354. The number of hydrogen-bond acceptors (Lipinski definition) is 2. The van der Waals surface area contributed by atoms with E-state index in [1.807, 2.05) is 30.5 Å². The minimum Gasteiger partial charge on any atom is -0.299 e. The van der Waals surface area contributed by atoms with E-state index < -0.39 is 3.79 Å². The lowest BCUT2D eigenvalue weighted by atomic mass is 10.1. The summed E-state index contributed by atoms with van der Waals surface area (Å²) in [6, 6.07) is 12.9. The molecular formula is C19H8BrCl6N3. The molecule has 29 heavy (non-hydrogen) atoms. The molecular weight excluding hydrogens is 563 g/mol. The Balaban J connectivity index is 2.09. The number of nitrogens with zero attached hydrogens (tertiary/aromatic N) is 3. The molecule has 0 amide bonds. The first-order valence-corrected chi connectivity index (χ1v) is 11.1. The standard InChI is InChI=1S/C19H8BrCl6N3/c20-10-3-1-9(2-4-10)12-8-29(14-6-5-11(21)7-13(14)22)17-15(12)16(23)27-18(28-17)19(24,25)26/h1-8H. The molecule has 4 rings (SSSR count). The highest BCUT2D eigenvalue weighted by molar-refractivity contribution is 9.10. The van der Waals surface area contributed by atoms with E-state index >= 15 is 0 Å². The predicted molar refractivity (Wildman–Crippen MR) is 126 cm³/mol. The number of benzene rings is 2. The van der Waals surface area contributed by atoms with Gasteiger partial charge in [-0.1, -0.05) is 97.7 Å². The van der Waals surface area contributed by atoms with Crippen LogP contribution >= 0.6 is 85.5 Å². The average molecular weight is 571 g/mol. The third kappa shape index (κ3) is 4.22. The average Bonchev–Trinajstić information content (AvgIpc) is 3.02. The number of rotatable bonds is 2. The highest BCUT2D eigenvalue weighted by atomic mass is 79.9. The Kier molecular flexibility index (Phi) is 6.00. The van der Waals surface area contributed by atoms with Crippen molar-refractivity contribution in [2.75, 3.05) is 0 Å². The van der Waals surface area contributed by atoms with Crippen LogP contribution in [0.4, 0.5) is 0 Å². The minimum atomic E-state index is -1.84. The maximum absolute atomic E-state index is 6.52. The van der Waals surface area contributed by atoms with Crippen LogP contribution in [0.15, 0.2) is 53.1 Å². The Hall–Kier alpha value is -0.720. The third-order valence-electron chi connectivity index (χ3n) is 4.18. The lowest BCUT2D eigenvalue weighted by molar-refractivity contribution is 0.969. The molecule has 0 saturated heterocycles. The number of aromatic nitrogens is 3. The number of alkyl halides is 3. The van der Waals surface area contributed by atoms with E-state index in [2.05, 4.69) is 25.9 Å². The molecule has 2 heterocycles. The van der Waals surface area contributed by atoms with Crippen LogP contribution in [-0.4, -0.2) is 14.5 Å². The second-order valence-corrected chi connectivity index (χ2v) is 10.4. The summed E-state index contributed by atoms with van der Waals surface area (Å²) in [5.74, 6) is -0.0354. The highest BCUT2D eigenvalue weighted by Gasteiger charge is 2.30. The van der Waals surface area contributed by atoms with Gasteiger partial charge in [0.15, 0.2) is 11.5 Å². The van der Waals surface area contributed by atoms with E-state index in [0.29, 0.717) is 26.8 Å². The van der Waals surface area contributed by atoms with Gasteiger partial charge in [0.05, 0.1) is 16.1 Å². The molecule has 0 aliphatic carbocycles. The van der Waals surface area contributed by atoms with Crippen molar-refractivity contribution in [3.05, 3.63) is 74.2 Å². The molecule has 0 N–H and O–H groups in total. The molecule has 148 valence electrons. The van der Waals surface area contributed by atoms with Crippen LogP contribution in [0.2, 0.25) is 15.2 Å². The molecule has 0 aliphatic rings. The van der Waals surface area contributed by atoms with E-state index in [0.717, 1.165) is 15.6 Å². The van der Waals surface area contributed by atoms with Crippen LogP contribution in [0, 0.1) is 0 Å². The monoisotopic (exact) mass is 567 g/mol. The van der Waals surface area contributed by atoms with Gasteiger partial charge in [0.2, 0.25) is 3.79 Å². The SMILES string of the molecule is Clc1ccc(-n2cc(-c3ccc(Br)cc3)c3c(Cl)nc(C(Cl)(Cl)Cl)nc32)c(Cl)c1. The zero-order chi connectivity index (χ0) is 20.9. The van der Waals surface area contributed by atoms with Crippen molar-refractivity contribution in [2.24, 2.45) is 0 Å². The van der Waals surface area contributed by atoms with Crippen LogP contribution in [0.25, 0.3) is 27.8 Å². The first-order chi connectivity index (χ1) is 13.6. The fourth-order valence-electron chi connectivity index (χ4n) is 2.92. The van der Waals surface area contributed by atoms with Gasteiger partial charge in [-0.3, -0.25) is 4.57 Å². The van der Waals surface area contributed by atoms with Gasteiger partial charge in [0, 0.05) is 21.3 Å². The first-order valence-electron chi connectivity index (χ1n) is 8.02. The Morgan fingerprint density at radius 2 is 1.59 bits per heavy atom. The van der Waals surface area contributed by atoms with Gasteiger partial charge >= 0.3 is 0 Å². The number of fused-ring (bicyclic) bond motifs is 1. The van der Waals surface area contributed by atoms with Gasteiger partial charge in [-0.2, -0.15) is 0 Å². The largest absolute Gasteiger partial charge is 0.299 e. The van der Waals surface area contributed by atoms with Crippen molar-refractivity contribution in [1.82, 2.24) is 14.5 Å². The molecule has 2 aromatic heterocycles. The van der Waals surface area contributed by atoms with Crippen LogP contribution in [-0.2, 0) is 3.79 Å². The maximum Gasteiger partial charge on any atom is 0.250 e. The summed E-state index contributed by atoms with van der Waals surface area (Å²) in [7, 11) is 0. The molecule has 0 aliphatic heterocycles. The summed E-state index contributed by atoms with van der Waals surface area (Å²) < 4.78 is 0.888. The highest BCUT2D eigenvalue weighted by Crippen LogP contribution is 2.41. The zero-order valence-corrected chi connectivity index (χ0v) is 20.2. The van der Waals surface area contributed by atoms with Crippen LogP contribution < -0.4 is 0 Å². The van der Waals surface area contributed by atoms with E-state index in [1.165, 1.54) is 0 Å². The Bertz CT molecular complexity index is 1230. The topological polar surface area (TPSA) is 30.7 Å². The van der Waals surface area contributed by atoms with Crippen molar-refractivity contribution in [2.45, 2.75) is 3.79 Å². The summed E-state index contributed by atoms with van der Waals surface area (Å²) in [6.45, 7) is 0. The van der Waals surface area contributed by atoms with E-state index in [4.69, 9.17) is 69.6 Å². The van der Waals surface area contributed by atoms with Gasteiger partial charge < -0.3 is 0 Å². The Morgan fingerprint density at radius 1 is 0.897 bits per heavy atom. The van der Waals surface area contributed by atoms with Crippen molar-refractivity contribution in [1.29, 1.82) is 0 Å². The van der Waals surface area contributed by atoms with Gasteiger partial charge in [0.25, 0.3) is 0 Å². The molecule has 0 bridgehead atoms. The summed E-state index contributed by atoms with van der Waals surface area (Å²) >= 11 is 40.5. The molecule has 0 fully saturated rings. The molecule has 0 radical (unpaired) electrons. The van der Waals surface area contributed by atoms with Crippen LogP contribution in [0.5, 0.6) is 0 Å². The molecule has 0 saturated carbocycles. The molecule has 4 aromatic rings. The summed E-state index contributed by atoms with van der Waals surface area (Å²) in [4.78, 5) is 8.68. The fourth-order valence-corrected chi connectivity index (χ4v) is 4.20. The quantitative estimate of drug-likeness (QED) is 0.178. The molecule has 0 spiro atoms. The van der Waals surface area contributed by atoms with Crippen molar-refractivity contribution in [3.8, 4) is 16.8 Å². The smallest absolute Gasteiger partial charge is 0.250 e. The zero-order valence-electron chi connectivity index (χ0n) is 14.1. The van der Waals surface area contributed by atoms with Gasteiger partial charge in [-0.15, -0.1) is 0 Å². The predicted octanol–water partition coefficient (Wildman–Crippen LogP) is 8.64. The third-order valence-corrected chi connectivity index (χ3v) is 6.03. The first kappa shape index (κ1) is 21.5. The molecule has 0 atom stereocenters. The van der Waals surface area contributed by atoms with Crippen molar-refractivity contribution >= 4 is 96.6 Å². The summed E-state index contributed by atoms with van der Waals surface area (Å²) in [5.41, 5.74) is 2.82. The molecule has 2 aromatic carbocycles. The number of halogens is 7. The summed E-state index contributed by atoms with van der Waals surface area (Å²) in [6.07, 6.45) is 1.87. The van der Waals surface area contributed by atoms with Gasteiger partial charge in [-0.05, 0) is 35.9 Å².